The highest BCUT2D eigenvalue weighted by Gasteiger charge is 2.60. The van der Waals surface area contributed by atoms with Crippen molar-refractivity contribution in [3.63, 3.8) is 0 Å². The number of carbonyl (C=O) groups is 1. The zero-order chi connectivity index (χ0) is 24.1. The van der Waals surface area contributed by atoms with E-state index in [2.05, 4.69) is 43.5 Å². The number of hydrogen-bond donors (Lipinski definition) is 3. The van der Waals surface area contributed by atoms with Crippen LogP contribution in [0, 0.1) is 46.3 Å². The van der Waals surface area contributed by atoms with Gasteiger partial charge in [0.2, 0.25) is 0 Å². The molecule has 0 aromatic rings. The zero-order valence-corrected chi connectivity index (χ0v) is 21.8. The second-order valence-corrected chi connectivity index (χ2v) is 13.2. The van der Waals surface area contributed by atoms with Gasteiger partial charge in [-0.3, -0.25) is 4.84 Å². The number of fused-ring (bicyclic) bond motifs is 5. The number of hydrogen-bond acceptors (Lipinski definition) is 5. The Morgan fingerprint density at radius 2 is 1.82 bits per heavy atom. The lowest BCUT2D eigenvalue weighted by molar-refractivity contribution is -0.123. The zero-order valence-electron chi connectivity index (χ0n) is 21.8. The van der Waals surface area contributed by atoms with Gasteiger partial charge in [0, 0.05) is 18.5 Å². The molecule has 1 amide bonds. The number of amides is 1. The summed E-state index contributed by atoms with van der Waals surface area (Å²) in [5.74, 6) is 4.13. The summed E-state index contributed by atoms with van der Waals surface area (Å²) in [7, 11) is 0. The van der Waals surface area contributed by atoms with Gasteiger partial charge < -0.3 is 15.7 Å². The minimum atomic E-state index is -0.435. The van der Waals surface area contributed by atoms with Crippen LogP contribution in [0.25, 0.3) is 0 Å². The fourth-order valence-electron chi connectivity index (χ4n) is 9.51. The molecule has 34 heavy (non-hydrogen) atoms. The summed E-state index contributed by atoms with van der Waals surface area (Å²) >= 11 is 0. The van der Waals surface area contributed by atoms with Gasteiger partial charge in [-0.1, -0.05) is 25.9 Å². The summed E-state index contributed by atoms with van der Waals surface area (Å²) in [4.78, 5) is 17.6. The van der Waals surface area contributed by atoms with E-state index < -0.39 is 6.09 Å². The molecule has 4 saturated carbocycles. The van der Waals surface area contributed by atoms with Crippen LogP contribution in [0.1, 0.15) is 91.9 Å². The first-order valence-corrected chi connectivity index (χ1v) is 14.1. The minimum Gasteiger partial charge on any atom is -0.393 e. The quantitative estimate of drug-likeness (QED) is 0.301. The van der Waals surface area contributed by atoms with E-state index in [0.29, 0.717) is 35.8 Å². The standard InChI is InChI=1S/C28H47N3O3/c1-17-13-20(29-15-17)16-30-26(33)34-31-18(2)23-7-8-24-22-6-5-19-14-21(32)9-11-27(19,3)25(22)10-12-28(23,24)4/h17,19-25,29,32H,5-16H2,1-4H3,(H,30,33)/b31-18+/t17?,19-,20?,21+,22-,23+,24-,25-,27-,28+/m0/s1. The van der Waals surface area contributed by atoms with Gasteiger partial charge in [-0.05, 0) is 118 Å². The average Bonchev–Trinajstić information content (AvgIpc) is 3.39. The number of rotatable bonds is 4. The van der Waals surface area contributed by atoms with Crippen molar-refractivity contribution in [3.05, 3.63) is 0 Å². The molecule has 4 aliphatic carbocycles. The Kier molecular flexibility index (Phi) is 6.78. The fraction of sp³-hybridized carbons (Fsp3) is 0.929. The lowest BCUT2D eigenvalue weighted by atomic mass is 9.44. The molecule has 10 atom stereocenters. The summed E-state index contributed by atoms with van der Waals surface area (Å²) < 4.78 is 0. The van der Waals surface area contributed by atoms with Crippen molar-refractivity contribution in [2.24, 2.45) is 51.5 Å². The number of carbonyl (C=O) groups excluding carboxylic acids is 1. The second kappa shape index (κ2) is 9.38. The van der Waals surface area contributed by atoms with E-state index in [-0.39, 0.29) is 11.5 Å². The van der Waals surface area contributed by atoms with Crippen molar-refractivity contribution in [1.82, 2.24) is 10.6 Å². The molecule has 0 aromatic heterocycles. The molecule has 5 rings (SSSR count). The number of nitrogens with zero attached hydrogens (tertiary/aromatic N) is 1. The van der Waals surface area contributed by atoms with Crippen LogP contribution in [-0.4, -0.2) is 42.1 Å². The third-order valence-corrected chi connectivity index (χ3v) is 11.3. The molecule has 0 spiro atoms. The molecule has 2 unspecified atom stereocenters. The molecule has 3 N–H and O–H groups in total. The van der Waals surface area contributed by atoms with Crippen molar-refractivity contribution in [2.75, 3.05) is 13.1 Å². The van der Waals surface area contributed by atoms with Gasteiger partial charge in [-0.2, -0.15) is 0 Å². The lowest BCUT2D eigenvalue weighted by Crippen LogP contribution is -2.54. The van der Waals surface area contributed by atoms with Gasteiger partial charge >= 0.3 is 6.09 Å². The minimum absolute atomic E-state index is 0.0756. The average molecular weight is 474 g/mol. The van der Waals surface area contributed by atoms with Gasteiger partial charge in [-0.25, -0.2) is 4.79 Å². The topological polar surface area (TPSA) is 83.0 Å². The Morgan fingerprint density at radius 1 is 1.06 bits per heavy atom. The fourth-order valence-corrected chi connectivity index (χ4v) is 9.51. The normalized spacial score (nSPS) is 48.6. The summed E-state index contributed by atoms with van der Waals surface area (Å²) in [6.07, 6.45) is 11.4. The molecule has 192 valence electrons. The van der Waals surface area contributed by atoms with Crippen LogP contribution in [0.3, 0.4) is 0 Å². The van der Waals surface area contributed by atoms with Gasteiger partial charge in [0.1, 0.15) is 0 Å². The van der Waals surface area contributed by atoms with Crippen LogP contribution in [0.15, 0.2) is 5.16 Å². The van der Waals surface area contributed by atoms with Crippen LogP contribution in [0.5, 0.6) is 0 Å². The van der Waals surface area contributed by atoms with Crippen LogP contribution in [0.2, 0.25) is 0 Å². The molecule has 5 aliphatic rings. The predicted molar refractivity (Wildman–Crippen MR) is 134 cm³/mol. The first-order chi connectivity index (χ1) is 16.2. The number of aliphatic hydroxyl groups is 1. The Morgan fingerprint density at radius 3 is 2.59 bits per heavy atom. The molecule has 0 bridgehead atoms. The SMILES string of the molecule is C/C(=N\OC(=O)NCC1CC(C)CN1)[C@H]1CC[C@H]2[C@@H]3CC[C@H]4C[C@H](O)CC[C@]4(C)[C@H]3CC[C@]12C. The molecular formula is C28H47N3O3. The molecule has 0 aromatic carbocycles. The highest BCUT2D eigenvalue weighted by molar-refractivity contribution is 5.85. The van der Waals surface area contributed by atoms with E-state index in [4.69, 9.17) is 4.84 Å². The molecule has 6 nitrogen and oxygen atoms in total. The van der Waals surface area contributed by atoms with Gasteiger partial charge in [-0.15, -0.1) is 0 Å². The highest BCUT2D eigenvalue weighted by atomic mass is 16.7. The summed E-state index contributed by atoms with van der Waals surface area (Å²) in [5, 5.41) is 20.9. The van der Waals surface area contributed by atoms with Crippen LogP contribution in [-0.2, 0) is 4.84 Å². The van der Waals surface area contributed by atoms with Crippen molar-refractivity contribution in [3.8, 4) is 0 Å². The number of aliphatic hydroxyl groups excluding tert-OH is 1. The van der Waals surface area contributed by atoms with Crippen molar-refractivity contribution < 1.29 is 14.7 Å². The molecule has 1 aliphatic heterocycles. The number of oxime groups is 1. The van der Waals surface area contributed by atoms with Crippen molar-refractivity contribution >= 4 is 11.8 Å². The lowest BCUT2D eigenvalue weighted by Gasteiger charge is -2.61. The van der Waals surface area contributed by atoms with Crippen LogP contribution in [0.4, 0.5) is 4.79 Å². The molecule has 5 fully saturated rings. The molecular weight excluding hydrogens is 426 g/mol. The monoisotopic (exact) mass is 473 g/mol. The Bertz CT molecular complexity index is 802. The van der Waals surface area contributed by atoms with E-state index in [9.17, 15) is 9.90 Å². The first-order valence-electron chi connectivity index (χ1n) is 14.1. The smallest absolute Gasteiger partial charge is 0.393 e. The predicted octanol–water partition coefficient (Wildman–Crippen LogP) is 5.11. The first kappa shape index (κ1) is 24.5. The largest absolute Gasteiger partial charge is 0.433 e. The summed E-state index contributed by atoms with van der Waals surface area (Å²) in [6, 6.07) is 0.335. The number of nitrogens with one attached hydrogen (secondary N) is 2. The van der Waals surface area contributed by atoms with Crippen LogP contribution >= 0.6 is 0 Å². The molecule has 1 saturated heterocycles. The maximum atomic E-state index is 12.3. The Labute approximate surface area is 206 Å². The molecule has 0 radical (unpaired) electrons. The Hall–Kier alpha value is -1.14. The summed E-state index contributed by atoms with van der Waals surface area (Å²) in [6.45, 7) is 11.0. The van der Waals surface area contributed by atoms with E-state index >= 15 is 0 Å². The van der Waals surface area contributed by atoms with Gasteiger partial charge in [0.25, 0.3) is 0 Å². The third kappa shape index (κ3) is 4.31. The van der Waals surface area contributed by atoms with E-state index in [0.717, 1.165) is 55.7 Å². The van der Waals surface area contributed by atoms with E-state index in [1.54, 1.807) is 0 Å². The van der Waals surface area contributed by atoms with E-state index in [1.807, 2.05) is 0 Å². The maximum absolute atomic E-state index is 12.3. The summed E-state index contributed by atoms with van der Waals surface area (Å²) in [5.41, 5.74) is 1.67. The van der Waals surface area contributed by atoms with Crippen molar-refractivity contribution in [2.45, 2.75) is 104 Å². The highest BCUT2D eigenvalue weighted by Crippen LogP contribution is 2.67. The molecule has 1 heterocycles. The van der Waals surface area contributed by atoms with Gasteiger partial charge in [0.15, 0.2) is 0 Å². The van der Waals surface area contributed by atoms with Crippen LogP contribution < -0.4 is 10.6 Å². The maximum Gasteiger partial charge on any atom is 0.433 e. The Balaban J connectivity index is 1.20. The van der Waals surface area contributed by atoms with Gasteiger partial charge in [0.05, 0.1) is 11.8 Å². The second-order valence-electron chi connectivity index (χ2n) is 13.2. The van der Waals surface area contributed by atoms with Crippen molar-refractivity contribution in [1.29, 1.82) is 0 Å². The molecule has 6 heteroatoms. The third-order valence-electron chi connectivity index (χ3n) is 11.3. The van der Waals surface area contributed by atoms with E-state index in [1.165, 1.54) is 38.5 Å².